The fourth-order valence-corrected chi connectivity index (χ4v) is 4.17. The van der Waals surface area contributed by atoms with Gasteiger partial charge in [0.15, 0.2) is 11.0 Å². The van der Waals surface area contributed by atoms with E-state index in [1.54, 1.807) is 13.3 Å². The number of amides is 1. The van der Waals surface area contributed by atoms with E-state index in [2.05, 4.69) is 20.7 Å². The van der Waals surface area contributed by atoms with Crippen LogP contribution in [0.25, 0.3) is 17.1 Å². The second-order valence-electron chi connectivity index (χ2n) is 7.76. The monoisotopic (exact) mass is 501 g/mol. The molecule has 0 aliphatic rings. The summed E-state index contributed by atoms with van der Waals surface area (Å²) < 4.78 is 12.8. The summed E-state index contributed by atoms with van der Waals surface area (Å²) in [5.41, 5.74) is 6.30. The van der Waals surface area contributed by atoms with E-state index >= 15 is 0 Å². The number of carbonyl (C=O) groups excluding carboxylic acids is 1. The normalized spacial score (nSPS) is 11.0. The molecule has 0 unspecified atom stereocenters. The highest BCUT2D eigenvalue weighted by Crippen LogP contribution is 2.29. The van der Waals surface area contributed by atoms with Crippen LogP contribution in [0.2, 0.25) is 0 Å². The summed E-state index contributed by atoms with van der Waals surface area (Å²) in [6.07, 6.45) is 1.57. The van der Waals surface area contributed by atoms with Crippen molar-refractivity contribution in [1.29, 1.82) is 0 Å². The highest BCUT2D eigenvalue weighted by molar-refractivity contribution is 7.99. The molecule has 36 heavy (non-hydrogen) atoms. The van der Waals surface area contributed by atoms with Crippen LogP contribution in [0.3, 0.4) is 0 Å². The number of methoxy groups -OCH3 is 1. The van der Waals surface area contributed by atoms with Crippen LogP contribution in [0, 0.1) is 6.92 Å². The van der Waals surface area contributed by atoms with Gasteiger partial charge in [0.2, 0.25) is 0 Å². The van der Waals surface area contributed by atoms with Crippen molar-refractivity contribution in [3.8, 4) is 28.6 Å². The van der Waals surface area contributed by atoms with Gasteiger partial charge in [-0.25, -0.2) is 5.43 Å². The zero-order valence-corrected chi connectivity index (χ0v) is 21.2. The molecule has 1 heterocycles. The van der Waals surface area contributed by atoms with E-state index in [0.717, 1.165) is 28.1 Å². The van der Waals surface area contributed by atoms with E-state index in [4.69, 9.17) is 9.47 Å². The molecule has 0 aliphatic heterocycles. The largest absolute Gasteiger partial charge is 0.497 e. The highest BCUT2D eigenvalue weighted by Gasteiger charge is 2.17. The van der Waals surface area contributed by atoms with Crippen LogP contribution in [-0.2, 0) is 4.79 Å². The lowest BCUT2D eigenvalue weighted by atomic mass is 10.2. The lowest BCUT2D eigenvalue weighted by Crippen LogP contribution is -2.20. The second kappa shape index (κ2) is 12.0. The molecular weight excluding hydrogens is 474 g/mol. The molecule has 4 aromatic rings. The van der Waals surface area contributed by atoms with E-state index < -0.39 is 0 Å². The van der Waals surface area contributed by atoms with E-state index in [9.17, 15) is 4.79 Å². The van der Waals surface area contributed by atoms with Gasteiger partial charge in [-0.05, 0) is 62.4 Å². The minimum atomic E-state index is -0.255. The number of ether oxygens (including phenoxy) is 2. The Kier molecular flexibility index (Phi) is 8.36. The topological polar surface area (TPSA) is 90.6 Å². The third-order valence-corrected chi connectivity index (χ3v) is 6.15. The lowest BCUT2D eigenvalue weighted by Gasteiger charge is -2.11. The molecule has 0 radical (unpaired) electrons. The summed E-state index contributed by atoms with van der Waals surface area (Å²) in [7, 11) is 1.63. The molecule has 3 aromatic carbocycles. The molecular formula is C27H27N5O3S. The zero-order valence-electron chi connectivity index (χ0n) is 20.3. The molecule has 4 rings (SSSR count). The maximum atomic E-state index is 12.5. The number of carbonyl (C=O) groups is 1. The van der Waals surface area contributed by atoms with Crippen molar-refractivity contribution in [3.05, 3.63) is 83.9 Å². The number of para-hydroxylation sites is 1. The maximum absolute atomic E-state index is 12.5. The van der Waals surface area contributed by atoms with Gasteiger partial charge in [0.05, 0.1) is 25.7 Å². The summed E-state index contributed by atoms with van der Waals surface area (Å²) >= 11 is 1.29. The molecule has 0 aliphatic carbocycles. The van der Waals surface area contributed by atoms with Gasteiger partial charge in [0.25, 0.3) is 5.91 Å². The van der Waals surface area contributed by atoms with Crippen molar-refractivity contribution >= 4 is 23.9 Å². The predicted molar refractivity (Wildman–Crippen MR) is 142 cm³/mol. The number of thioether (sulfide) groups is 1. The standard InChI is InChI=1S/C27H27N5O3S/c1-4-35-24-8-6-5-7-21(24)17-28-29-25(33)18-36-27-31-30-26(20-11-15-23(34-3)16-12-20)32(27)22-13-9-19(2)10-14-22/h5-17H,4,18H2,1-3H3,(H,29,33). The summed E-state index contributed by atoms with van der Waals surface area (Å²) in [4.78, 5) is 12.5. The van der Waals surface area contributed by atoms with Crippen LogP contribution in [-0.4, -0.2) is 46.4 Å². The number of rotatable bonds is 10. The van der Waals surface area contributed by atoms with Crippen molar-refractivity contribution in [2.24, 2.45) is 5.10 Å². The van der Waals surface area contributed by atoms with Crippen LogP contribution in [0.15, 0.2) is 83.1 Å². The Morgan fingerprint density at radius 1 is 1.06 bits per heavy atom. The quantitative estimate of drug-likeness (QED) is 0.189. The Balaban J connectivity index is 1.50. The first-order chi connectivity index (χ1) is 17.6. The molecule has 0 atom stereocenters. The van der Waals surface area contributed by atoms with Gasteiger partial charge < -0.3 is 9.47 Å². The molecule has 0 saturated carbocycles. The van der Waals surface area contributed by atoms with Gasteiger partial charge in [0, 0.05) is 16.8 Å². The Morgan fingerprint density at radius 2 is 1.81 bits per heavy atom. The number of nitrogens with one attached hydrogen (secondary N) is 1. The number of hydrogen-bond acceptors (Lipinski definition) is 7. The van der Waals surface area contributed by atoms with Crippen molar-refractivity contribution in [2.75, 3.05) is 19.5 Å². The molecule has 184 valence electrons. The van der Waals surface area contributed by atoms with Crippen molar-refractivity contribution in [3.63, 3.8) is 0 Å². The van der Waals surface area contributed by atoms with Crippen molar-refractivity contribution < 1.29 is 14.3 Å². The molecule has 1 N–H and O–H groups in total. The van der Waals surface area contributed by atoms with Gasteiger partial charge in [0.1, 0.15) is 11.5 Å². The minimum absolute atomic E-state index is 0.122. The van der Waals surface area contributed by atoms with E-state index in [1.807, 2.05) is 91.2 Å². The maximum Gasteiger partial charge on any atom is 0.250 e. The summed E-state index contributed by atoms with van der Waals surface area (Å²) in [6, 6.07) is 23.2. The first-order valence-electron chi connectivity index (χ1n) is 11.4. The number of benzene rings is 3. The molecule has 1 aromatic heterocycles. The predicted octanol–water partition coefficient (Wildman–Crippen LogP) is 4.89. The summed E-state index contributed by atoms with van der Waals surface area (Å²) in [5.74, 6) is 2.02. The molecule has 0 saturated heterocycles. The third kappa shape index (κ3) is 6.11. The third-order valence-electron chi connectivity index (χ3n) is 5.22. The molecule has 0 spiro atoms. The average Bonchev–Trinajstić information content (AvgIpc) is 3.33. The number of aromatic nitrogens is 3. The highest BCUT2D eigenvalue weighted by atomic mass is 32.2. The lowest BCUT2D eigenvalue weighted by molar-refractivity contribution is -0.118. The number of aryl methyl sites for hydroxylation is 1. The molecule has 1 amide bonds. The van der Waals surface area contributed by atoms with E-state index in [0.29, 0.717) is 23.3 Å². The van der Waals surface area contributed by atoms with Crippen LogP contribution in [0.5, 0.6) is 11.5 Å². The van der Waals surface area contributed by atoms with Crippen molar-refractivity contribution in [1.82, 2.24) is 20.2 Å². The van der Waals surface area contributed by atoms with Gasteiger partial charge >= 0.3 is 0 Å². The fraction of sp³-hybridized carbons (Fsp3) is 0.185. The average molecular weight is 502 g/mol. The van der Waals surface area contributed by atoms with Gasteiger partial charge in [-0.2, -0.15) is 5.10 Å². The first-order valence-corrected chi connectivity index (χ1v) is 12.4. The molecule has 9 heteroatoms. The summed E-state index contributed by atoms with van der Waals surface area (Å²) in [5, 5.41) is 13.5. The van der Waals surface area contributed by atoms with Crippen LogP contribution >= 0.6 is 11.8 Å². The smallest absolute Gasteiger partial charge is 0.250 e. The Hall–Kier alpha value is -4.11. The number of hydrazone groups is 1. The number of nitrogens with zero attached hydrogens (tertiary/aromatic N) is 4. The first kappa shape index (κ1) is 25.0. The second-order valence-corrected chi connectivity index (χ2v) is 8.70. The van der Waals surface area contributed by atoms with Gasteiger partial charge in [-0.3, -0.25) is 9.36 Å². The molecule has 0 fully saturated rings. The van der Waals surface area contributed by atoms with Crippen LogP contribution in [0.4, 0.5) is 0 Å². The molecule has 0 bridgehead atoms. The zero-order chi connectivity index (χ0) is 25.3. The van der Waals surface area contributed by atoms with Gasteiger partial charge in [-0.1, -0.05) is 41.6 Å². The van der Waals surface area contributed by atoms with E-state index in [-0.39, 0.29) is 11.7 Å². The fourth-order valence-electron chi connectivity index (χ4n) is 3.43. The number of hydrogen-bond donors (Lipinski definition) is 1. The Morgan fingerprint density at radius 3 is 2.53 bits per heavy atom. The SMILES string of the molecule is CCOc1ccccc1C=NNC(=O)CSc1nnc(-c2ccc(OC)cc2)n1-c1ccc(C)cc1. The van der Waals surface area contributed by atoms with Crippen LogP contribution in [0.1, 0.15) is 18.1 Å². The Labute approximate surface area is 214 Å². The van der Waals surface area contributed by atoms with Gasteiger partial charge in [-0.15, -0.1) is 10.2 Å². The van der Waals surface area contributed by atoms with E-state index in [1.165, 1.54) is 11.8 Å². The van der Waals surface area contributed by atoms with Crippen molar-refractivity contribution in [2.45, 2.75) is 19.0 Å². The van der Waals surface area contributed by atoms with Crippen LogP contribution < -0.4 is 14.9 Å². The summed E-state index contributed by atoms with van der Waals surface area (Å²) in [6.45, 7) is 4.50. The molecule has 8 nitrogen and oxygen atoms in total. The Bertz CT molecular complexity index is 1330. The minimum Gasteiger partial charge on any atom is -0.497 e.